The van der Waals surface area contributed by atoms with Crippen LogP contribution in [0, 0.1) is 0 Å². The molecule has 0 aliphatic heterocycles. The molecular formula is C17H15F3N4O2. The molecule has 3 aromatic heterocycles. The Bertz CT molecular complexity index is 986. The highest BCUT2D eigenvalue weighted by Gasteiger charge is 2.38. The van der Waals surface area contributed by atoms with Crippen molar-refractivity contribution in [1.29, 1.82) is 0 Å². The second-order valence-corrected chi connectivity index (χ2v) is 5.39. The summed E-state index contributed by atoms with van der Waals surface area (Å²) in [7, 11) is 1.40. The van der Waals surface area contributed by atoms with Gasteiger partial charge in [0.05, 0.1) is 12.2 Å². The first-order chi connectivity index (χ1) is 12.3. The van der Waals surface area contributed by atoms with Crippen molar-refractivity contribution in [2.24, 2.45) is 7.05 Å². The maximum atomic E-state index is 13.4. The predicted molar refractivity (Wildman–Crippen MR) is 88.5 cm³/mol. The van der Waals surface area contributed by atoms with Crippen molar-refractivity contribution in [3.63, 3.8) is 0 Å². The third-order valence-corrected chi connectivity index (χ3v) is 3.67. The number of hydrogen-bond donors (Lipinski definition) is 0. The number of carbonyl (C=O) groups excluding carboxylic acids is 1. The highest BCUT2D eigenvalue weighted by atomic mass is 19.4. The number of carbonyl (C=O) groups is 1. The van der Waals surface area contributed by atoms with Gasteiger partial charge in [0.2, 0.25) is 0 Å². The minimum Gasteiger partial charge on any atom is -0.463 e. The number of nitrogens with zero attached hydrogens (tertiary/aromatic N) is 4. The fourth-order valence-electron chi connectivity index (χ4n) is 2.66. The van der Waals surface area contributed by atoms with Gasteiger partial charge in [-0.2, -0.15) is 18.3 Å². The zero-order valence-corrected chi connectivity index (χ0v) is 14.0. The molecule has 3 rings (SSSR count). The van der Waals surface area contributed by atoms with Gasteiger partial charge in [0.1, 0.15) is 11.5 Å². The molecule has 3 heterocycles. The van der Waals surface area contributed by atoms with Crippen molar-refractivity contribution in [3.8, 4) is 5.82 Å². The van der Waals surface area contributed by atoms with Gasteiger partial charge < -0.3 is 4.74 Å². The molecule has 136 valence electrons. The van der Waals surface area contributed by atoms with Crippen molar-refractivity contribution in [3.05, 3.63) is 47.9 Å². The lowest BCUT2D eigenvalue weighted by molar-refractivity contribution is -0.141. The van der Waals surface area contributed by atoms with Gasteiger partial charge in [0, 0.05) is 30.9 Å². The van der Waals surface area contributed by atoms with Gasteiger partial charge in [-0.25, -0.2) is 9.78 Å². The third kappa shape index (κ3) is 3.19. The molecule has 0 amide bonds. The summed E-state index contributed by atoms with van der Waals surface area (Å²) in [5, 5.41) is 4.37. The summed E-state index contributed by atoms with van der Waals surface area (Å²) in [6, 6.07) is 5.27. The van der Waals surface area contributed by atoms with Crippen LogP contribution in [-0.4, -0.2) is 31.9 Å². The number of alkyl halides is 3. The van der Waals surface area contributed by atoms with Gasteiger partial charge in [0.25, 0.3) is 0 Å². The summed E-state index contributed by atoms with van der Waals surface area (Å²) in [5.41, 5.74) is -0.848. The van der Waals surface area contributed by atoms with E-state index in [9.17, 15) is 18.0 Å². The Morgan fingerprint density at radius 2 is 2.12 bits per heavy atom. The maximum absolute atomic E-state index is 13.4. The smallest absolute Gasteiger partial charge is 0.435 e. The molecule has 26 heavy (non-hydrogen) atoms. The molecule has 0 N–H and O–H groups in total. The molecular weight excluding hydrogens is 349 g/mol. The van der Waals surface area contributed by atoms with E-state index in [1.54, 1.807) is 37.5 Å². The Morgan fingerprint density at radius 1 is 1.35 bits per heavy atom. The van der Waals surface area contributed by atoms with Gasteiger partial charge in [-0.05, 0) is 31.2 Å². The SMILES string of the molecule is CCOC(=O)C=Cc1c(C(F)(F)F)nn(C)c1-n1ccc2cccnc21. The lowest BCUT2D eigenvalue weighted by Crippen LogP contribution is -2.08. The fraction of sp³-hybridized carbons (Fsp3) is 0.235. The maximum Gasteiger partial charge on any atom is 0.435 e. The van der Waals surface area contributed by atoms with E-state index in [1.807, 2.05) is 0 Å². The Balaban J connectivity index is 2.21. The van der Waals surface area contributed by atoms with Crippen molar-refractivity contribution in [2.45, 2.75) is 13.1 Å². The average Bonchev–Trinajstić information content (AvgIpc) is 3.13. The lowest BCUT2D eigenvalue weighted by Gasteiger charge is -2.08. The summed E-state index contributed by atoms with van der Waals surface area (Å²) in [5.74, 6) is -0.586. The molecule has 3 aromatic rings. The standard InChI is InChI=1S/C17H15F3N4O2/c1-3-26-13(25)7-6-12-14(17(18,19)20)22-23(2)16(12)24-10-8-11-5-4-9-21-15(11)24/h4-10H,3H2,1-2H3. The molecule has 0 bridgehead atoms. The first-order valence-corrected chi connectivity index (χ1v) is 7.74. The fourth-order valence-corrected chi connectivity index (χ4v) is 2.66. The van der Waals surface area contributed by atoms with E-state index in [0.717, 1.165) is 22.2 Å². The van der Waals surface area contributed by atoms with E-state index >= 15 is 0 Å². The first-order valence-electron chi connectivity index (χ1n) is 7.74. The molecule has 0 unspecified atom stereocenters. The average molecular weight is 364 g/mol. The zero-order valence-electron chi connectivity index (χ0n) is 14.0. The number of ether oxygens (including phenoxy) is 1. The Kier molecular flexibility index (Phi) is 4.54. The van der Waals surface area contributed by atoms with Crippen LogP contribution in [0.25, 0.3) is 22.9 Å². The number of pyridine rings is 1. The molecule has 0 saturated carbocycles. The highest BCUT2D eigenvalue weighted by molar-refractivity contribution is 5.88. The van der Waals surface area contributed by atoms with E-state index in [-0.39, 0.29) is 18.0 Å². The van der Waals surface area contributed by atoms with Crippen molar-refractivity contribution >= 4 is 23.1 Å². The summed E-state index contributed by atoms with van der Waals surface area (Å²) >= 11 is 0. The highest BCUT2D eigenvalue weighted by Crippen LogP contribution is 2.35. The van der Waals surface area contributed by atoms with Crippen LogP contribution < -0.4 is 0 Å². The molecule has 0 aliphatic carbocycles. The first kappa shape index (κ1) is 17.7. The summed E-state index contributed by atoms with van der Waals surface area (Å²) in [6.45, 7) is 1.74. The van der Waals surface area contributed by atoms with Crippen LogP contribution in [0.3, 0.4) is 0 Å². The zero-order chi connectivity index (χ0) is 18.9. The van der Waals surface area contributed by atoms with E-state index in [0.29, 0.717) is 5.65 Å². The Morgan fingerprint density at radius 3 is 2.81 bits per heavy atom. The van der Waals surface area contributed by atoms with Crippen molar-refractivity contribution < 1.29 is 22.7 Å². The van der Waals surface area contributed by atoms with Crippen LogP contribution in [0.1, 0.15) is 18.2 Å². The number of hydrogen-bond acceptors (Lipinski definition) is 4. The number of rotatable bonds is 4. The van der Waals surface area contributed by atoms with E-state index in [1.165, 1.54) is 11.6 Å². The molecule has 0 atom stereocenters. The van der Waals surface area contributed by atoms with Gasteiger partial charge in [0.15, 0.2) is 5.69 Å². The van der Waals surface area contributed by atoms with Gasteiger partial charge in [-0.3, -0.25) is 9.25 Å². The summed E-state index contributed by atoms with van der Waals surface area (Å²) in [6.07, 6.45) is 0.502. The van der Waals surface area contributed by atoms with Crippen molar-refractivity contribution in [2.75, 3.05) is 6.61 Å². The van der Waals surface area contributed by atoms with E-state index in [4.69, 9.17) is 4.74 Å². The van der Waals surface area contributed by atoms with Crippen LogP contribution in [0.5, 0.6) is 0 Å². The predicted octanol–water partition coefficient (Wildman–Crippen LogP) is 3.35. The molecule has 0 fully saturated rings. The lowest BCUT2D eigenvalue weighted by atomic mass is 10.2. The minimum atomic E-state index is -4.68. The van der Waals surface area contributed by atoms with Crippen LogP contribution in [0.15, 0.2) is 36.7 Å². The summed E-state index contributed by atoms with van der Waals surface area (Å²) < 4.78 is 47.6. The molecule has 9 heteroatoms. The largest absolute Gasteiger partial charge is 0.463 e. The number of halogens is 3. The Labute approximate surface area is 146 Å². The van der Waals surface area contributed by atoms with E-state index < -0.39 is 17.8 Å². The van der Waals surface area contributed by atoms with Crippen LogP contribution in [0.2, 0.25) is 0 Å². The number of fused-ring (bicyclic) bond motifs is 1. The number of aryl methyl sites for hydroxylation is 1. The monoisotopic (exact) mass is 364 g/mol. The van der Waals surface area contributed by atoms with Crippen LogP contribution >= 0.6 is 0 Å². The summed E-state index contributed by atoms with van der Waals surface area (Å²) in [4.78, 5) is 15.8. The van der Waals surface area contributed by atoms with Gasteiger partial charge in [-0.1, -0.05) is 0 Å². The second kappa shape index (κ2) is 6.66. The van der Waals surface area contributed by atoms with Crippen LogP contribution in [0.4, 0.5) is 13.2 Å². The van der Waals surface area contributed by atoms with Gasteiger partial charge in [-0.15, -0.1) is 0 Å². The quantitative estimate of drug-likeness (QED) is 0.526. The second-order valence-electron chi connectivity index (χ2n) is 5.39. The topological polar surface area (TPSA) is 61.9 Å². The van der Waals surface area contributed by atoms with Crippen molar-refractivity contribution in [1.82, 2.24) is 19.3 Å². The molecule has 0 aromatic carbocycles. The molecule has 0 saturated heterocycles. The molecule has 0 spiro atoms. The number of esters is 1. The molecule has 0 radical (unpaired) electrons. The molecule has 0 aliphatic rings. The van der Waals surface area contributed by atoms with Crippen LogP contribution in [-0.2, 0) is 22.8 Å². The molecule has 6 nitrogen and oxygen atoms in total. The number of aromatic nitrogens is 4. The van der Waals surface area contributed by atoms with Gasteiger partial charge >= 0.3 is 12.1 Å². The minimum absolute atomic E-state index is 0.126. The normalized spacial score (nSPS) is 12.2. The third-order valence-electron chi connectivity index (χ3n) is 3.67. The van der Waals surface area contributed by atoms with E-state index in [2.05, 4.69) is 10.1 Å². The Hall–Kier alpha value is -3.10.